The van der Waals surface area contributed by atoms with Crippen molar-refractivity contribution in [2.24, 2.45) is 0 Å². The normalized spacial score (nSPS) is 12.3. The van der Waals surface area contributed by atoms with Gasteiger partial charge >= 0.3 is 0 Å². The molecule has 7 nitrogen and oxygen atoms in total. The van der Waals surface area contributed by atoms with Gasteiger partial charge in [-0.1, -0.05) is 19.1 Å². The van der Waals surface area contributed by atoms with Gasteiger partial charge in [-0.3, -0.25) is 9.10 Å². The average Bonchev–Trinajstić information content (AvgIpc) is 2.66. The average molecular weight is 421 g/mol. The number of hydrogen-bond acceptors (Lipinski definition) is 5. The zero-order chi connectivity index (χ0) is 21.6. The zero-order valence-electron chi connectivity index (χ0n) is 17.4. The van der Waals surface area contributed by atoms with Gasteiger partial charge in [0.05, 0.1) is 23.7 Å². The van der Waals surface area contributed by atoms with Gasteiger partial charge in [-0.2, -0.15) is 0 Å². The molecular weight excluding hydrogens is 392 g/mol. The Kier molecular flexibility index (Phi) is 7.50. The Morgan fingerprint density at radius 2 is 1.69 bits per heavy atom. The second kappa shape index (κ2) is 9.65. The van der Waals surface area contributed by atoms with Crippen molar-refractivity contribution in [1.29, 1.82) is 0 Å². The van der Waals surface area contributed by atoms with Gasteiger partial charge in [-0.05, 0) is 56.7 Å². The van der Waals surface area contributed by atoms with Crippen molar-refractivity contribution in [2.75, 3.05) is 22.9 Å². The number of hydrogen-bond donors (Lipinski definition) is 1. The molecule has 29 heavy (non-hydrogen) atoms. The lowest BCUT2D eigenvalue weighted by Gasteiger charge is -2.20. The van der Waals surface area contributed by atoms with Crippen LogP contribution in [0, 0.1) is 0 Å². The molecular formula is C21H28N2O5S. The molecule has 2 aromatic rings. The Morgan fingerprint density at radius 1 is 1.07 bits per heavy atom. The van der Waals surface area contributed by atoms with E-state index in [4.69, 9.17) is 9.47 Å². The van der Waals surface area contributed by atoms with Gasteiger partial charge < -0.3 is 14.8 Å². The lowest BCUT2D eigenvalue weighted by Crippen LogP contribution is -2.32. The molecule has 0 radical (unpaired) electrons. The summed E-state index contributed by atoms with van der Waals surface area (Å²) in [7, 11) is -1.86. The van der Waals surface area contributed by atoms with Crippen LogP contribution in [0.1, 0.15) is 27.2 Å². The van der Waals surface area contributed by atoms with Gasteiger partial charge in [0.25, 0.3) is 5.91 Å². The van der Waals surface area contributed by atoms with E-state index < -0.39 is 16.1 Å². The van der Waals surface area contributed by atoms with E-state index in [2.05, 4.69) is 5.32 Å². The van der Waals surface area contributed by atoms with E-state index in [1.54, 1.807) is 36.4 Å². The Morgan fingerprint density at radius 3 is 2.24 bits per heavy atom. The second-order valence-corrected chi connectivity index (χ2v) is 8.90. The summed E-state index contributed by atoms with van der Waals surface area (Å²) in [6.07, 6.45) is 0.871. The van der Waals surface area contributed by atoms with Gasteiger partial charge in [0.15, 0.2) is 6.10 Å². The first-order valence-electron chi connectivity index (χ1n) is 9.39. The van der Waals surface area contributed by atoms with Crippen LogP contribution < -0.4 is 19.1 Å². The predicted octanol–water partition coefficient (Wildman–Crippen LogP) is 3.67. The highest BCUT2D eigenvalue weighted by atomic mass is 32.2. The van der Waals surface area contributed by atoms with Crippen LogP contribution in [-0.2, 0) is 14.8 Å². The molecule has 158 valence electrons. The van der Waals surface area contributed by atoms with E-state index in [0.717, 1.165) is 6.26 Å². The lowest BCUT2D eigenvalue weighted by atomic mass is 10.2. The van der Waals surface area contributed by atoms with E-state index in [0.29, 0.717) is 29.3 Å². The number of carbonyl (C=O) groups is 1. The first-order valence-corrected chi connectivity index (χ1v) is 11.2. The fraction of sp³-hybridized carbons (Fsp3) is 0.381. The van der Waals surface area contributed by atoms with Gasteiger partial charge in [-0.15, -0.1) is 0 Å². The van der Waals surface area contributed by atoms with Crippen molar-refractivity contribution in [2.45, 2.75) is 39.4 Å². The summed E-state index contributed by atoms with van der Waals surface area (Å²) in [4.78, 5) is 12.7. The molecule has 2 aromatic carbocycles. The smallest absolute Gasteiger partial charge is 0.265 e. The molecule has 2 rings (SSSR count). The second-order valence-electron chi connectivity index (χ2n) is 6.89. The number of nitrogens with zero attached hydrogens (tertiary/aromatic N) is 1. The number of anilines is 2. The molecule has 1 amide bonds. The Labute approximate surface area is 172 Å². The van der Waals surface area contributed by atoms with E-state index in [1.807, 2.05) is 32.9 Å². The summed E-state index contributed by atoms with van der Waals surface area (Å²) in [6.45, 7) is 5.69. The number of ether oxygens (including phenoxy) is 2. The summed E-state index contributed by atoms with van der Waals surface area (Å²) in [5.74, 6) is 0.785. The lowest BCUT2D eigenvalue weighted by molar-refractivity contribution is -0.122. The van der Waals surface area contributed by atoms with E-state index in [9.17, 15) is 13.2 Å². The molecule has 1 atom stereocenters. The molecule has 0 fully saturated rings. The molecule has 0 aliphatic heterocycles. The number of rotatable bonds is 9. The maximum Gasteiger partial charge on any atom is 0.265 e. The Bertz CT molecular complexity index is 926. The summed E-state index contributed by atoms with van der Waals surface area (Å²) < 4.78 is 36.0. The number of sulfonamides is 1. The molecule has 0 spiro atoms. The third kappa shape index (κ3) is 6.39. The summed E-state index contributed by atoms with van der Waals surface area (Å²) >= 11 is 0. The minimum Gasteiger partial charge on any atom is -0.489 e. The van der Waals surface area contributed by atoms with Crippen LogP contribution >= 0.6 is 0 Å². The molecule has 8 heteroatoms. The van der Waals surface area contributed by atoms with Gasteiger partial charge in [0, 0.05) is 7.05 Å². The molecule has 0 heterocycles. The minimum atomic E-state index is -3.34. The van der Waals surface area contributed by atoms with Crippen molar-refractivity contribution in [1.82, 2.24) is 0 Å². The molecule has 0 saturated carbocycles. The topological polar surface area (TPSA) is 84.9 Å². The first kappa shape index (κ1) is 22.5. The van der Waals surface area contributed by atoms with E-state index in [1.165, 1.54) is 11.4 Å². The monoisotopic (exact) mass is 420 g/mol. The van der Waals surface area contributed by atoms with Crippen LogP contribution in [-0.4, -0.2) is 39.8 Å². The number of nitrogens with one attached hydrogen (secondary N) is 1. The fourth-order valence-corrected chi connectivity index (χ4v) is 3.06. The van der Waals surface area contributed by atoms with Crippen molar-refractivity contribution in [3.63, 3.8) is 0 Å². The minimum absolute atomic E-state index is 0.0187. The van der Waals surface area contributed by atoms with E-state index >= 15 is 0 Å². The number of amides is 1. The standard InChI is InChI=1S/C21H28N2O5S/c1-6-19(21(24)22-18-9-7-8-10-20(18)27-15(2)3)28-17-13-11-16(12-14-17)23(4)29(5,25)26/h7-15,19H,6H2,1-5H3,(H,22,24). The van der Waals surface area contributed by atoms with Crippen molar-refractivity contribution < 1.29 is 22.7 Å². The van der Waals surface area contributed by atoms with Crippen LogP contribution in [0.25, 0.3) is 0 Å². The van der Waals surface area contributed by atoms with Gasteiger partial charge in [0.1, 0.15) is 11.5 Å². The highest BCUT2D eigenvalue weighted by molar-refractivity contribution is 7.92. The molecule has 0 aliphatic rings. The zero-order valence-corrected chi connectivity index (χ0v) is 18.2. The summed E-state index contributed by atoms with van der Waals surface area (Å²) in [5, 5.41) is 2.86. The molecule has 0 bridgehead atoms. The molecule has 0 saturated heterocycles. The number of benzene rings is 2. The van der Waals surface area contributed by atoms with E-state index in [-0.39, 0.29) is 12.0 Å². The van der Waals surface area contributed by atoms with Gasteiger partial charge in [0.2, 0.25) is 10.0 Å². The third-order valence-corrected chi connectivity index (χ3v) is 5.35. The summed E-state index contributed by atoms with van der Waals surface area (Å²) in [5.41, 5.74) is 1.09. The molecule has 1 N–H and O–H groups in total. The molecule has 0 aliphatic carbocycles. The maximum absolute atomic E-state index is 12.7. The van der Waals surface area contributed by atoms with Crippen LogP contribution in [0.5, 0.6) is 11.5 Å². The van der Waals surface area contributed by atoms with Crippen LogP contribution in [0.15, 0.2) is 48.5 Å². The van der Waals surface area contributed by atoms with Crippen molar-refractivity contribution in [3.8, 4) is 11.5 Å². The highest BCUT2D eigenvalue weighted by Crippen LogP contribution is 2.26. The number of carbonyl (C=O) groups excluding carboxylic acids is 1. The Balaban J connectivity index is 2.09. The first-order chi connectivity index (χ1) is 13.6. The predicted molar refractivity (Wildman–Crippen MR) is 115 cm³/mol. The largest absolute Gasteiger partial charge is 0.489 e. The Hall–Kier alpha value is -2.74. The van der Waals surface area contributed by atoms with Crippen LogP contribution in [0.3, 0.4) is 0 Å². The van der Waals surface area contributed by atoms with Crippen LogP contribution in [0.2, 0.25) is 0 Å². The number of para-hydroxylation sites is 2. The van der Waals surface area contributed by atoms with Crippen molar-refractivity contribution >= 4 is 27.3 Å². The van der Waals surface area contributed by atoms with Crippen LogP contribution in [0.4, 0.5) is 11.4 Å². The SMILES string of the molecule is CCC(Oc1ccc(N(C)S(C)(=O)=O)cc1)C(=O)Nc1ccccc1OC(C)C. The fourth-order valence-electron chi connectivity index (χ4n) is 2.55. The van der Waals surface area contributed by atoms with Gasteiger partial charge in [-0.25, -0.2) is 8.42 Å². The van der Waals surface area contributed by atoms with Crippen molar-refractivity contribution in [3.05, 3.63) is 48.5 Å². The quantitative estimate of drug-likeness (QED) is 0.669. The highest BCUT2D eigenvalue weighted by Gasteiger charge is 2.20. The third-order valence-electron chi connectivity index (χ3n) is 4.15. The maximum atomic E-state index is 12.7. The molecule has 1 unspecified atom stereocenters. The molecule has 0 aromatic heterocycles. The summed E-state index contributed by atoms with van der Waals surface area (Å²) in [6, 6.07) is 13.8.